The molecule has 1 aliphatic heterocycles. The van der Waals surface area contributed by atoms with E-state index in [-0.39, 0.29) is 5.92 Å². The normalized spacial score (nSPS) is 26.3. The molecule has 4 heteroatoms. The van der Waals surface area contributed by atoms with Gasteiger partial charge in [-0.3, -0.25) is 0 Å². The maximum Gasteiger partial charge on any atom is 0.118 e. The minimum absolute atomic E-state index is 0.145. The number of halogens is 1. The molecule has 0 bridgehead atoms. The lowest BCUT2D eigenvalue weighted by molar-refractivity contribution is 0.113. The minimum Gasteiger partial charge on any atom is -0.316 e. The molecule has 1 N–H and O–H groups in total. The van der Waals surface area contributed by atoms with Crippen molar-refractivity contribution >= 4 is 11.3 Å². The number of aromatic nitrogens is 1. The van der Waals surface area contributed by atoms with Crippen molar-refractivity contribution in [3.63, 3.8) is 0 Å². The zero-order chi connectivity index (χ0) is 10.0. The molecule has 1 saturated heterocycles. The Balaban J connectivity index is 2.00. The second kappa shape index (κ2) is 3.95. The van der Waals surface area contributed by atoms with E-state index in [1.165, 1.54) is 11.3 Å². The van der Waals surface area contributed by atoms with Crippen LogP contribution < -0.4 is 5.32 Å². The van der Waals surface area contributed by atoms with E-state index < -0.39 is 5.67 Å². The third-order valence-electron chi connectivity index (χ3n) is 2.89. The Kier molecular flexibility index (Phi) is 2.83. The standard InChI is InChI=1S/C10H15FN2S/c1-10(11,8-2-3-12-7-8)6-9-13-4-5-14-9/h4-5,8,12H,2-3,6-7H2,1H3. The second-order valence-electron chi connectivity index (χ2n) is 4.07. The van der Waals surface area contributed by atoms with E-state index in [9.17, 15) is 4.39 Å². The number of thiazole rings is 1. The number of hydrogen-bond acceptors (Lipinski definition) is 3. The molecule has 14 heavy (non-hydrogen) atoms. The Labute approximate surface area is 87.6 Å². The number of rotatable bonds is 3. The van der Waals surface area contributed by atoms with Gasteiger partial charge in [0.15, 0.2) is 0 Å². The van der Waals surface area contributed by atoms with Crippen molar-refractivity contribution in [2.24, 2.45) is 5.92 Å². The predicted molar refractivity (Wildman–Crippen MR) is 56.3 cm³/mol. The fourth-order valence-corrected chi connectivity index (χ4v) is 2.71. The van der Waals surface area contributed by atoms with Crippen LogP contribution in [0.5, 0.6) is 0 Å². The van der Waals surface area contributed by atoms with Crippen LogP contribution in [0.1, 0.15) is 18.4 Å². The van der Waals surface area contributed by atoms with Gasteiger partial charge in [0, 0.05) is 30.5 Å². The Morgan fingerprint density at radius 2 is 2.64 bits per heavy atom. The molecule has 1 aromatic heterocycles. The van der Waals surface area contributed by atoms with Gasteiger partial charge in [0.05, 0.1) is 5.01 Å². The molecule has 2 heterocycles. The molecule has 1 fully saturated rings. The van der Waals surface area contributed by atoms with Crippen LogP contribution in [-0.4, -0.2) is 23.7 Å². The highest BCUT2D eigenvalue weighted by molar-refractivity contribution is 7.09. The minimum atomic E-state index is -1.11. The van der Waals surface area contributed by atoms with Crippen molar-refractivity contribution in [2.75, 3.05) is 13.1 Å². The summed E-state index contributed by atoms with van der Waals surface area (Å²) in [6.07, 6.45) is 3.14. The first kappa shape index (κ1) is 10.1. The quantitative estimate of drug-likeness (QED) is 0.832. The second-order valence-corrected chi connectivity index (χ2v) is 5.05. The van der Waals surface area contributed by atoms with Crippen molar-refractivity contribution in [1.82, 2.24) is 10.3 Å². The molecule has 0 saturated carbocycles. The van der Waals surface area contributed by atoms with Crippen molar-refractivity contribution in [2.45, 2.75) is 25.4 Å². The maximum absolute atomic E-state index is 14.3. The van der Waals surface area contributed by atoms with E-state index in [1.807, 2.05) is 5.38 Å². The zero-order valence-electron chi connectivity index (χ0n) is 8.29. The molecule has 78 valence electrons. The van der Waals surface area contributed by atoms with Crippen LogP contribution in [-0.2, 0) is 6.42 Å². The van der Waals surface area contributed by atoms with Gasteiger partial charge in [-0.25, -0.2) is 9.37 Å². The molecule has 0 radical (unpaired) electrons. The Hall–Kier alpha value is -0.480. The summed E-state index contributed by atoms with van der Waals surface area (Å²) in [7, 11) is 0. The Morgan fingerprint density at radius 1 is 1.79 bits per heavy atom. The summed E-state index contributed by atoms with van der Waals surface area (Å²) >= 11 is 1.54. The monoisotopic (exact) mass is 214 g/mol. The molecular formula is C10H15FN2S. The summed E-state index contributed by atoms with van der Waals surface area (Å²) in [6, 6.07) is 0. The van der Waals surface area contributed by atoms with Gasteiger partial charge in [-0.2, -0.15) is 0 Å². The van der Waals surface area contributed by atoms with E-state index in [4.69, 9.17) is 0 Å². The molecule has 2 atom stereocenters. The van der Waals surface area contributed by atoms with Crippen molar-refractivity contribution < 1.29 is 4.39 Å². The molecule has 2 nitrogen and oxygen atoms in total. The van der Waals surface area contributed by atoms with Gasteiger partial charge in [-0.05, 0) is 19.9 Å². The highest BCUT2D eigenvalue weighted by Gasteiger charge is 2.36. The number of nitrogens with one attached hydrogen (secondary N) is 1. The van der Waals surface area contributed by atoms with E-state index in [1.54, 1.807) is 13.1 Å². The number of alkyl halides is 1. The largest absolute Gasteiger partial charge is 0.316 e. The van der Waals surface area contributed by atoms with Crippen LogP contribution in [0.25, 0.3) is 0 Å². The molecule has 2 rings (SSSR count). The van der Waals surface area contributed by atoms with Gasteiger partial charge >= 0.3 is 0 Å². The summed E-state index contributed by atoms with van der Waals surface area (Å²) in [5.74, 6) is 0.145. The third kappa shape index (κ3) is 2.12. The highest BCUT2D eigenvalue weighted by Crippen LogP contribution is 2.31. The lowest BCUT2D eigenvalue weighted by atomic mass is 9.87. The molecule has 2 unspecified atom stereocenters. The molecule has 0 spiro atoms. The van der Waals surface area contributed by atoms with Gasteiger partial charge in [-0.1, -0.05) is 0 Å². The summed E-state index contributed by atoms with van der Waals surface area (Å²) < 4.78 is 14.3. The lowest BCUT2D eigenvalue weighted by Crippen LogP contribution is -2.33. The van der Waals surface area contributed by atoms with Crippen molar-refractivity contribution in [3.05, 3.63) is 16.6 Å². The summed E-state index contributed by atoms with van der Waals surface area (Å²) in [5, 5.41) is 6.01. The third-order valence-corrected chi connectivity index (χ3v) is 3.67. The van der Waals surface area contributed by atoms with Crippen LogP contribution in [0.3, 0.4) is 0 Å². The summed E-state index contributed by atoms with van der Waals surface area (Å²) in [4.78, 5) is 4.13. The molecule has 0 amide bonds. The maximum atomic E-state index is 14.3. The van der Waals surface area contributed by atoms with Crippen molar-refractivity contribution in [1.29, 1.82) is 0 Å². The molecular weight excluding hydrogens is 199 g/mol. The van der Waals surface area contributed by atoms with Gasteiger partial charge in [0.25, 0.3) is 0 Å². The predicted octanol–water partition coefficient (Wildman–Crippen LogP) is 2.02. The van der Waals surface area contributed by atoms with Crippen LogP contribution >= 0.6 is 11.3 Å². The summed E-state index contributed by atoms with van der Waals surface area (Å²) in [5.41, 5.74) is -1.11. The molecule has 0 aromatic carbocycles. The average molecular weight is 214 g/mol. The fourth-order valence-electron chi connectivity index (χ4n) is 1.95. The lowest BCUT2D eigenvalue weighted by Gasteiger charge is -2.25. The fraction of sp³-hybridized carbons (Fsp3) is 0.700. The Bertz CT molecular complexity index is 278. The van der Waals surface area contributed by atoms with Crippen molar-refractivity contribution in [3.8, 4) is 0 Å². The first-order valence-corrected chi connectivity index (χ1v) is 5.84. The summed E-state index contributed by atoms with van der Waals surface area (Å²) in [6.45, 7) is 3.45. The molecule has 1 aromatic rings. The number of nitrogens with zero attached hydrogens (tertiary/aromatic N) is 1. The first-order chi connectivity index (χ1) is 6.68. The first-order valence-electron chi connectivity index (χ1n) is 4.96. The molecule has 1 aliphatic rings. The van der Waals surface area contributed by atoms with Gasteiger partial charge in [-0.15, -0.1) is 11.3 Å². The van der Waals surface area contributed by atoms with E-state index in [2.05, 4.69) is 10.3 Å². The topological polar surface area (TPSA) is 24.9 Å². The highest BCUT2D eigenvalue weighted by atomic mass is 32.1. The molecule has 0 aliphatic carbocycles. The smallest absolute Gasteiger partial charge is 0.118 e. The SMILES string of the molecule is CC(F)(Cc1nccs1)C1CCNC1. The van der Waals surface area contributed by atoms with Gasteiger partial charge in [0.1, 0.15) is 5.67 Å². The van der Waals surface area contributed by atoms with Crippen LogP contribution in [0.15, 0.2) is 11.6 Å². The zero-order valence-corrected chi connectivity index (χ0v) is 9.11. The average Bonchev–Trinajstić information content (AvgIpc) is 2.71. The van der Waals surface area contributed by atoms with Gasteiger partial charge in [0.2, 0.25) is 0 Å². The van der Waals surface area contributed by atoms with Crippen LogP contribution in [0.4, 0.5) is 4.39 Å². The van der Waals surface area contributed by atoms with Crippen LogP contribution in [0.2, 0.25) is 0 Å². The number of hydrogen-bond donors (Lipinski definition) is 1. The van der Waals surface area contributed by atoms with E-state index in [0.29, 0.717) is 6.42 Å². The van der Waals surface area contributed by atoms with E-state index >= 15 is 0 Å². The Morgan fingerprint density at radius 3 is 3.21 bits per heavy atom. The van der Waals surface area contributed by atoms with Gasteiger partial charge < -0.3 is 5.32 Å². The van der Waals surface area contributed by atoms with E-state index in [0.717, 1.165) is 24.5 Å². The van der Waals surface area contributed by atoms with Crippen LogP contribution in [0, 0.1) is 5.92 Å².